The quantitative estimate of drug-likeness (QED) is 0.794. The van der Waals surface area contributed by atoms with Crippen molar-refractivity contribution in [3.63, 3.8) is 0 Å². The lowest BCUT2D eigenvalue weighted by atomic mass is 9.84. The first-order valence-corrected chi connectivity index (χ1v) is 8.59. The number of carbonyl (C=O) groups excluding carboxylic acids is 1. The molecule has 21 heavy (non-hydrogen) atoms. The second kappa shape index (κ2) is 5.87. The van der Waals surface area contributed by atoms with Gasteiger partial charge in [-0.3, -0.25) is 8.98 Å². The van der Waals surface area contributed by atoms with Crippen LogP contribution in [0.15, 0.2) is 30.3 Å². The molecule has 2 fully saturated rings. The van der Waals surface area contributed by atoms with Crippen LogP contribution in [0.5, 0.6) is 0 Å². The average molecular weight is 310 g/mol. The summed E-state index contributed by atoms with van der Waals surface area (Å²) in [5, 5.41) is -0.607. The van der Waals surface area contributed by atoms with E-state index >= 15 is 0 Å². The van der Waals surface area contributed by atoms with E-state index in [0.717, 1.165) is 5.56 Å². The first-order valence-electron chi connectivity index (χ1n) is 7.12. The Kier molecular flexibility index (Phi) is 4.10. The van der Waals surface area contributed by atoms with Crippen molar-refractivity contribution in [2.45, 2.75) is 37.2 Å². The van der Waals surface area contributed by atoms with Crippen LogP contribution >= 0.6 is 0 Å². The van der Waals surface area contributed by atoms with Crippen molar-refractivity contribution in [3.8, 4) is 0 Å². The van der Waals surface area contributed by atoms with Gasteiger partial charge in [-0.05, 0) is 12.0 Å². The summed E-state index contributed by atoms with van der Waals surface area (Å²) in [4.78, 5) is 11.7. The largest absolute Gasteiger partial charge is 0.371 e. The highest BCUT2D eigenvalue weighted by Gasteiger charge is 2.47. The van der Waals surface area contributed by atoms with Crippen LogP contribution < -0.4 is 0 Å². The normalized spacial score (nSPS) is 31.6. The van der Waals surface area contributed by atoms with Gasteiger partial charge in [-0.1, -0.05) is 30.3 Å². The van der Waals surface area contributed by atoms with Gasteiger partial charge in [0.25, 0.3) is 10.1 Å². The number of hydrogen-bond donors (Lipinski definition) is 0. The number of ketones is 1. The van der Waals surface area contributed by atoms with E-state index in [1.54, 1.807) is 0 Å². The molecule has 1 saturated heterocycles. The van der Waals surface area contributed by atoms with Gasteiger partial charge in [0.2, 0.25) is 0 Å². The van der Waals surface area contributed by atoms with Gasteiger partial charge >= 0.3 is 0 Å². The summed E-state index contributed by atoms with van der Waals surface area (Å²) in [7, 11) is -3.56. The first kappa shape index (κ1) is 14.7. The summed E-state index contributed by atoms with van der Waals surface area (Å²) in [6.07, 6.45) is 0.585. The monoisotopic (exact) mass is 310 g/mol. The second-order valence-electron chi connectivity index (χ2n) is 5.60. The fourth-order valence-corrected chi connectivity index (χ4v) is 4.67. The molecule has 0 spiro atoms. The molecule has 1 saturated carbocycles. The third-order valence-corrected chi connectivity index (χ3v) is 5.99. The van der Waals surface area contributed by atoms with Gasteiger partial charge in [-0.25, -0.2) is 0 Å². The molecule has 1 aromatic carbocycles. The van der Waals surface area contributed by atoms with Gasteiger partial charge in [0.1, 0.15) is 5.78 Å². The molecular formula is C15H18O5S. The molecule has 0 amide bonds. The Hall–Kier alpha value is -1.24. The number of Topliss-reactive ketones (excluding diaryl/α,β-unsaturated/α-hetero) is 1. The molecule has 1 heterocycles. The van der Waals surface area contributed by atoms with Crippen LogP contribution in [0.1, 0.15) is 24.8 Å². The van der Waals surface area contributed by atoms with Crippen molar-refractivity contribution in [2.24, 2.45) is 5.92 Å². The van der Waals surface area contributed by atoms with Crippen LogP contribution in [-0.4, -0.2) is 32.2 Å². The molecule has 0 aromatic heterocycles. The lowest BCUT2D eigenvalue weighted by molar-refractivity contribution is -0.125. The molecule has 3 atom stereocenters. The number of ether oxygens (including phenoxy) is 1. The van der Waals surface area contributed by atoms with Crippen LogP contribution in [-0.2, 0) is 30.4 Å². The molecule has 0 bridgehead atoms. The van der Waals surface area contributed by atoms with Crippen LogP contribution in [0.3, 0.4) is 0 Å². The van der Waals surface area contributed by atoms with Crippen LogP contribution in [0, 0.1) is 5.92 Å². The molecule has 5 nitrogen and oxygen atoms in total. The number of carbonyl (C=O) groups is 1. The standard InChI is InChI=1S/C15H18O5S/c16-12-6-7-15-13(8-12)14(10-20-21(15,17)18)19-9-11-4-2-1-3-5-11/h1-5,13-15H,6-10H2/t13-,14-,15+/m1/s1. The number of benzene rings is 1. The van der Waals surface area contributed by atoms with Crippen molar-refractivity contribution >= 4 is 15.9 Å². The van der Waals surface area contributed by atoms with Gasteiger partial charge in [0.05, 0.1) is 24.6 Å². The number of rotatable bonds is 3. The van der Waals surface area contributed by atoms with Gasteiger partial charge in [0, 0.05) is 18.8 Å². The summed E-state index contributed by atoms with van der Waals surface area (Å²) in [5.74, 6) is -0.171. The Morgan fingerprint density at radius 1 is 1.24 bits per heavy atom. The molecule has 114 valence electrons. The van der Waals surface area contributed by atoms with E-state index in [4.69, 9.17) is 8.92 Å². The topological polar surface area (TPSA) is 69.7 Å². The SMILES string of the molecule is O=C1CC[C@H]2[C@H](C1)[C@H](OCc1ccccc1)COS2(=O)=O. The molecule has 1 aliphatic carbocycles. The second-order valence-corrected chi connectivity index (χ2v) is 7.42. The fourth-order valence-electron chi connectivity index (χ4n) is 3.07. The molecule has 0 unspecified atom stereocenters. The van der Waals surface area contributed by atoms with E-state index in [0.29, 0.717) is 19.4 Å². The third-order valence-electron chi connectivity index (χ3n) is 4.20. The summed E-state index contributed by atoms with van der Waals surface area (Å²) >= 11 is 0. The zero-order valence-electron chi connectivity index (χ0n) is 11.6. The molecule has 2 aliphatic rings. The maximum absolute atomic E-state index is 12.0. The van der Waals surface area contributed by atoms with Crippen molar-refractivity contribution in [3.05, 3.63) is 35.9 Å². The van der Waals surface area contributed by atoms with Gasteiger partial charge in [-0.2, -0.15) is 8.42 Å². The Balaban J connectivity index is 1.71. The maximum atomic E-state index is 12.0. The predicted molar refractivity (Wildman–Crippen MR) is 76.0 cm³/mol. The molecule has 3 rings (SSSR count). The van der Waals surface area contributed by atoms with Crippen molar-refractivity contribution < 1.29 is 22.1 Å². The van der Waals surface area contributed by atoms with Crippen LogP contribution in [0.2, 0.25) is 0 Å². The minimum Gasteiger partial charge on any atom is -0.371 e. The van der Waals surface area contributed by atoms with Crippen molar-refractivity contribution in [1.82, 2.24) is 0 Å². The van der Waals surface area contributed by atoms with E-state index in [-0.39, 0.29) is 30.8 Å². The number of hydrogen-bond acceptors (Lipinski definition) is 5. The highest BCUT2D eigenvalue weighted by atomic mass is 32.2. The third kappa shape index (κ3) is 3.17. The lowest BCUT2D eigenvalue weighted by Gasteiger charge is -2.39. The molecule has 1 aromatic rings. The van der Waals surface area contributed by atoms with E-state index < -0.39 is 15.4 Å². The van der Waals surface area contributed by atoms with E-state index in [1.165, 1.54) is 0 Å². The zero-order valence-corrected chi connectivity index (χ0v) is 12.4. The smallest absolute Gasteiger partial charge is 0.270 e. The molecule has 0 N–H and O–H groups in total. The minimum atomic E-state index is -3.56. The lowest BCUT2D eigenvalue weighted by Crippen LogP contribution is -2.50. The maximum Gasteiger partial charge on any atom is 0.270 e. The number of fused-ring (bicyclic) bond motifs is 1. The Morgan fingerprint density at radius 2 is 2.00 bits per heavy atom. The minimum absolute atomic E-state index is 0.00358. The summed E-state index contributed by atoms with van der Waals surface area (Å²) in [5.41, 5.74) is 1.02. The van der Waals surface area contributed by atoms with E-state index in [2.05, 4.69) is 0 Å². The van der Waals surface area contributed by atoms with E-state index in [9.17, 15) is 13.2 Å². The van der Waals surface area contributed by atoms with Gasteiger partial charge in [0.15, 0.2) is 0 Å². The van der Waals surface area contributed by atoms with Gasteiger partial charge in [-0.15, -0.1) is 0 Å². The summed E-state index contributed by atoms with van der Waals surface area (Å²) in [6, 6.07) is 9.67. The fraction of sp³-hybridized carbons (Fsp3) is 0.533. The Bertz CT molecular complexity index is 610. The van der Waals surface area contributed by atoms with Crippen LogP contribution in [0.25, 0.3) is 0 Å². The molecular weight excluding hydrogens is 292 g/mol. The highest BCUT2D eigenvalue weighted by molar-refractivity contribution is 7.87. The van der Waals surface area contributed by atoms with E-state index in [1.807, 2.05) is 30.3 Å². The Labute approximate surface area is 124 Å². The van der Waals surface area contributed by atoms with Crippen molar-refractivity contribution in [2.75, 3.05) is 6.61 Å². The first-order chi connectivity index (χ1) is 10.1. The van der Waals surface area contributed by atoms with Gasteiger partial charge < -0.3 is 4.74 Å². The predicted octanol–water partition coefficient (Wildman–Crippen LogP) is 1.67. The summed E-state index contributed by atoms with van der Waals surface area (Å²) < 4.78 is 34.8. The molecule has 6 heteroatoms. The highest BCUT2D eigenvalue weighted by Crippen LogP contribution is 2.36. The van der Waals surface area contributed by atoms with Crippen molar-refractivity contribution in [1.29, 1.82) is 0 Å². The summed E-state index contributed by atoms with van der Waals surface area (Å²) in [6.45, 7) is 0.399. The average Bonchev–Trinajstić information content (AvgIpc) is 2.47. The Morgan fingerprint density at radius 3 is 2.76 bits per heavy atom. The zero-order chi connectivity index (χ0) is 14.9. The molecule has 1 aliphatic heterocycles. The van der Waals surface area contributed by atoms with Crippen LogP contribution in [0.4, 0.5) is 0 Å². The molecule has 0 radical (unpaired) electrons.